The van der Waals surface area contributed by atoms with Crippen LogP contribution in [0.1, 0.15) is 270 Å². The number of carboxylic acid groups (broad SMARTS) is 1. The number of ketones is 2. The predicted molar refractivity (Wildman–Crippen MR) is 495 cm³/mol. The fourth-order valence-corrected chi connectivity index (χ4v) is 12.8. The van der Waals surface area contributed by atoms with E-state index in [0.717, 1.165) is 60.8 Å². The summed E-state index contributed by atoms with van der Waals surface area (Å²) < 4.78 is 65.1. The Labute approximate surface area is 779 Å². The second kappa shape index (κ2) is 51.8. The van der Waals surface area contributed by atoms with Crippen LogP contribution in [-0.2, 0) is 105 Å². The van der Waals surface area contributed by atoms with Gasteiger partial charge in [-0.05, 0) is 154 Å². The number of fused-ring (bicyclic) bond motifs is 7. The quantitative estimate of drug-likeness (QED) is 0.0119. The summed E-state index contributed by atoms with van der Waals surface area (Å²) in [4.78, 5) is 174. The Morgan fingerprint density at radius 1 is 0.579 bits per heavy atom. The number of aliphatic imine (C=N–C) groups is 3. The van der Waals surface area contributed by atoms with E-state index in [1.165, 1.54) is 39.6 Å². The van der Waals surface area contributed by atoms with Gasteiger partial charge in [-0.1, -0.05) is 171 Å². The molecule has 3 aromatic heterocycles. The molecule has 133 heavy (non-hydrogen) atoms. The molecular weight excluding hydrogens is 1720 g/mol. The molecule has 0 spiro atoms. The van der Waals surface area contributed by atoms with E-state index in [2.05, 4.69) is 86.1 Å². The Balaban J connectivity index is 0.000000374. The molecular formula is C96H138N12O25. The molecule has 7 N–H and O–H groups in total. The van der Waals surface area contributed by atoms with Crippen molar-refractivity contribution in [2.75, 3.05) is 26.4 Å². The minimum Gasteiger partial charge on any atom is -0.479 e. The number of amides is 6. The maximum absolute atomic E-state index is 13.3. The van der Waals surface area contributed by atoms with Crippen LogP contribution in [0.2, 0.25) is 0 Å². The molecule has 4 aliphatic heterocycles. The lowest BCUT2D eigenvalue weighted by Crippen LogP contribution is -2.53. The monoisotopic (exact) mass is 1860 g/mol. The first-order chi connectivity index (χ1) is 61.2. The van der Waals surface area contributed by atoms with Crippen LogP contribution in [-0.4, -0.2) is 200 Å². The molecule has 2 unspecified atom stereocenters. The molecule has 7 heterocycles. The van der Waals surface area contributed by atoms with E-state index in [-0.39, 0.29) is 176 Å². The van der Waals surface area contributed by atoms with Crippen molar-refractivity contribution in [3.63, 3.8) is 0 Å². The average Bonchev–Trinajstić information content (AvgIpc) is 1.61. The average molecular weight is 1860 g/mol. The zero-order valence-corrected chi connectivity index (χ0v) is 77.8. The van der Waals surface area contributed by atoms with Gasteiger partial charge in [0.05, 0.1) is 26.1 Å². The molecule has 4 bridgehead atoms. The van der Waals surface area contributed by atoms with Crippen LogP contribution >= 0.6 is 0 Å². The molecule has 0 saturated carbocycles. The summed E-state index contributed by atoms with van der Waals surface area (Å²) in [6.45, 7) is 35.0. The highest BCUT2D eigenvalue weighted by Crippen LogP contribution is 2.45. The Hall–Kier alpha value is -12.9. The van der Waals surface area contributed by atoms with E-state index in [0.29, 0.717) is 5.69 Å². The standard InChI is InChI=1S/C29H35NO5.C28H42N4O8.C22H30N4O6.C14H19N3O6.3CH4/c1-5-6-7-12-21(17-20(4)31)35-28(32)27(19(2)3)30-29(33)34-18-26-24-15-10-8-13-22(24)23-14-9-11-16-25(23)26;1-9-10-11-12-19(13-18(4)33)39-24(34)22(17(2)3)31-25(35)28(8)16-38-23(32-28)20-15-37-21(30-20)14-29-26(36)40-27(5,6)7;1-5-6-7-8-14-9-16(27)23-10-17-24-15(11-30-17)19-26-22(4,12-31-19)21(29)25-18(13(2)3)20(28)32-14;1-13(2,3)23-12(20)15-5-9-16-8(6-21-9)10-17-14(4,7-22-10)11(18)19;;;/h7-16,19,21,26-27H,5-6,17-18H2,1-4H3,(H,30,33);11-12,15,17,19,22H,9-10,13-14,16H2,1-8H3,(H,29,36)(H,31,35);7-8,11,13-14,18H,5-6,9-10,12H2,1-4H3,(H,23,27)(H,25,29);6H,5,7H2,1-4H3,(H,15,20)(H,18,19);3*1H4/b12-7+;12-11+;8-7+;;;;/t21-,27+;19?,22-,28-;14?,18-,22-;14-;;;/m1000.../s1. The molecule has 732 valence electrons. The Morgan fingerprint density at radius 2 is 1.02 bits per heavy atom. The SMILES string of the molecule is C.C.C.CC(C)(C)OC(=O)NCc1nc(C2=N[C@](C)(C(=O)O)CO2)co1.CCC/C=C/C(CC(C)=O)OC(=O)[C@@H](NC(=O)[C@]1(C)COC(c2coc(CNC(=O)OC(C)(C)C)n2)=N1)C(C)C.CCC/C=C/C1CC(=O)NCc2nc(co2)C2=N[C@@](C)(CO2)C(=O)N[C@@H](C(C)C)C(=O)O1.CCC/C=C/[C@H](CC(C)=O)OC(=O)[C@@H](NC(=O)OCC1c2ccccc2-c2ccccc21)C(C)C. The molecule has 0 fully saturated rings. The fourth-order valence-electron chi connectivity index (χ4n) is 12.8. The lowest BCUT2D eigenvalue weighted by molar-refractivity contribution is -0.154. The van der Waals surface area contributed by atoms with E-state index < -0.39 is 118 Å². The molecule has 37 nitrogen and oxygen atoms in total. The highest BCUT2D eigenvalue weighted by molar-refractivity contribution is 6.01. The summed E-state index contributed by atoms with van der Waals surface area (Å²) in [5.74, 6) is -4.20. The van der Waals surface area contributed by atoms with Crippen LogP contribution in [0.25, 0.3) is 11.1 Å². The number of unbranched alkanes of at least 4 members (excludes halogenated alkanes) is 3. The van der Waals surface area contributed by atoms with Gasteiger partial charge in [0.2, 0.25) is 41.3 Å². The Bertz CT molecular complexity index is 4920. The second-order valence-corrected chi connectivity index (χ2v) is 35.3. The van der Waals surface area contributed by atoms with E-state index in [1.54, 1.807) is 101 Å². The third-order valence-electron chi connectivity index (χ3n) is 19.8. The molecule has 0 saturated heterocycles. The first kappa shape index (κ1) is 112. The number of allylic oxidation sites excluding steroid dienone is 3. The van der Waals surface area contributed by atoms with Gasteiger partial charge in [0.1, 0.15) is 104 Å². The number of aliphatic carboxylic acids is 1. The number of hydrogen-bond donors (Lipinski definition) is 7. The summed E-state index contributed by atoms with van der Waals surface area (Å²) in [7, 11) is 0. The Morgan fingerprint density at radius 3 is 1.48 bits per heavy atom. The molecule has 0 radical (unpaired) electrons. The number of nitrogens with one attached hydrogen (secondary N) is 6. The van der Waals surface area contributed by atoms with Gasteiger partial charge in [-0.3, -0.25) is 24.0 Å². The maximum Gasteiger partial charge on any atom is 0.408 e. The van der Waals surface area contributed by atoms with Crippen molar-refractivity contribution in [1.29, 1.82) is 0 Å². The summed E-state index contributed by atoms with van der Waals surface area (Å²) in [6.07, 6.45) is 16.1. The third kappa shape index (κ3) is 35.0. The van der Waals surface area contributed by atoms with Crippen LogP contribution in [0.15, 0.2) is 132 Å². The predicted octanol–water partition coefficient (Wildman–Crippen LogP) is 14.3. The molecule has 6 amide bonds. The van der Waals surface area contributed by atoms with Gasteiger partial charge in [0, 0.05) is 18.8 Å². The molecule has 5 aliphatic rings. The van der Waals surface area contributed by atoms with E-state index in [4.69, 9.17) is 61.0 Å². The van der Waals surface area contributed by atoms with E-state index >= 15 is 0 Å². The first-order valence-corrected chi connectivity index (χ1v) is 43.5. The highest BCUT2D eigenvalue weighted by Gasteiger charge is 2.46. The fraction of sp³-hybridized carbons (Fsp3) is 0.562. The van der Waals surface area contributed by atoms with E-state index in [9.17, 15) is 57.5 Å². The molecule has 10 rings (SSSR count). The van der Waals surface area contributed by atoms with Gasteiger partial charge in [-0.15, -0.1) is 0 Å². The number of rotatable bonds is 32. The largest absolute Gasteiger partial charge is 0.479 e. The van der Waals surface area contributed by atoms with E-state index in [1.807, 2.05) is 77.1 Å². The van der Waals surface area contributed by atoms with Crippen molar-refractivity contribution in [1.82, 2.24) is 46.9 Å². The normalized spacial score (nSPS) is 19.4. The number of alkyl carbamates (subject to hydrolysis) is 3. The van der Waals surface area contributed by atoms with Crippen molar-refractivity contribution in [3.05, 3.63) is 150 Å². The third-order valence-corrected chi connectivity index (χ3v) is 19.8. The maximum atomic E-state index is 13.3. The lowest BCUT2D eigenvalue weighted by Gasteiger charge is -2.26. The zero-order valence-electron chi connectivity index (χ0n) is 77.8. The second-order valence-electron chi connectivity index (χ2n) is 35.3. The van der Waals surface area contributed by atoms with Crippen LogP contribution in [0.4, 0.5) is 14.4 Å². The summed E-state index contributed by atoms with van der Waals surface area (Å²) in [5.41, 5.74) is 0.252. The number of cyclic esters (lactones) is 1. The number of esters is 3. The van der Waals surface area contributed by atoms with Crippen LogP contribution in [0.3, 0.4) is 0 Å². The van der Waals surface area contributed by atoms with Crippen molar-refractivity contribution in [3.8, 4) is 11.1 Å². The molecule has 2 aromatic carbocycles. The summed E-state index contributed by atoms with van der Waals surface area (Å²) in [5, 5.41) is 25.0. The van der Waals surface area contributed by atoms with Crippen molar-refractivity contribution in [2.45, 2.75) is 308 Å². The van der Waals surface area contributed by atoms with Gasteiger partial charge in [-0.25, -0.2) is 63.5 Å². The molecule has 9 atom stereocenters. The highest BCUT2D eigenvalue weighted by atomic mass is 16.6. The smallest absolute Gasteiger partial charge is 0.408 e. The van der Waals surface area contributed by atoms with Crippen molar-refractivity contribution in [2.24, 2.45) is 32.7 Å². The summed E-state index contributed by atoms with van der Waals surface area (Å²) >= 11 is 0. The van der Waals surface area contributed by atoms with Gasteiger partial charge in [0.15, 0.2) is 33.7 Å². The molecule has 5 aromatic rings. The topological polar surface area (TPSA) is 495 Å². The number of carboxylic acids is 1. The van der Waals surface area contributed by atoms with Crippen molar-refractivity contribution >= 4 is 89.1 Å². The number of aromatic nitrogens is 3. The van der Waals surface area contributed by atoms with Gasteiger partial charge < -0.3 is 92.9 Å². The van der Waals surface area contributed by atoms with Crippen LogP contribution < -0.4 is 31.9 Å². The van der Waals surface area contributed by atoms with Gasteiger partial charge >= 0.3 is 42.2 Å². The number of hydrogen-bond acceptors (Lipinski definition) is 30. The number of oxazole rings is 3. The number of nitrogens with zero attached hydrogens (tertiary/aromatic N) is 6. The summed E-state index contributed by atoms with van der Waals surface area (Å²) in [6, 6.07) is 13.5. The van der Waals surface area contributed by atoms with Crippen molar-refractivity contribution < 1.29 is 119 Å². The molecule has 1 aliphatic carbocycles. The minimum atomic E-state index is -1.34. The number of carbonyl (C=O) groups is 12. The minimum absolute atomic E-state index is 0. The molecule has 37 heteroatoms. The number of Topliss-reactive ketones (excluding diaryl/α,β-unsaturated/α-hetero) is 2. The lowest BCUT2D eigenvalue weighted by atomic mass is 9.98. The number of ether oxygens (including phenoxy) is 9. The van der Waals surface area contributed by atoms with Gasteiger partial charge in [0.25, 0.3) is 11.8 Å². The van der Waals surface area contributed by atoms with Crippen LogP contribution in [0.5, 0.6) is 0 Å². The van der Waals surface area contributed by atoms with Crippen LogP contribution in [0, 0.1) is 17.8 Å². The Kier molecular flexibility index (Phi) is 43.8. The van der Waals surface area contributed by atoms with Gasteiger partial charge in [-0.2, -0.15) is 0 Å². The number of benzene rings is 2. The first-order valence-electron chi connectivity index (χ1n) is 43.5. The number of carbonyl (C=O) groups excluding carboxylic acids is 11. The zero-order chi connectivity index (χ0) is 96.0.